The maximum atomic E-state index is 6.30. The van der Waals surface area contributed by atoms with Crippen LogP contribution in [0, 0.1) is 0 Å². The zero-order chi connectivity index (χ0) is 13.7. The largest absolute Gasteiger partial charge is 0.496 e. The molecule has 2 aromatic rings. The van der Waals surface area contributed by atoms with E-state index >= 15 is 0 Å². The molecule has 0 amide bonds. The minimum Gasteiger partial charge on any atom is -0.496 e. The van der Waals surface area contributed by atoms with E-state index in [0.717, 1.165) is 22.6 Å². The van der Waals surface area contributed by atoms with Crippen LogP contribution in [0.15, 0.2) is 48.5 Å². The van der Waals surface area contributed by atoms with Crippen molar-refractivity contribution >= 4 is 0 Å². The number of benzene rings is 2. The van der Waals surface area contributed by atoms with E-state index in [9.17, 15) is 0 Å². The third-order valence-electron chi connectivity index (χ3n) is 3.02. The van der Waals surface area contributed by atoms with Gasteiger partial charge >= 0.3 is 0 Å². The van der Waals surface area contributed by atoms with Crippen LogP contribution in [0.3, 0.4) is 0 Å². The van der Waals surface area contributed by atoms with Gasteiger partial charge in [-0.3, -0.25) is 0 Å². The van der Waals surface area contributed by atoms with E-state index in [4.69, 9.17) is 15.2 Å². The molecule has 0 aromatic heterocycles. The number of nitrogens with two attached hydrogens (primary N) is 1. The molecule has 0 saturated carbocycles. The smallest absolute Gasteiger partial charge is 0.123 e. The topological polar surface area (TPSA) is 44.5 Å². The van der Waals surface area contributed by atoms with Crippen LogP contribution in [0.4, 0.5) is 0 Å². The van der Waals surface area contributed by atoms with Crippen molar-refractivity contribution in [3.63, 3.8) is 0 Å². The van der Waals surface area contributed by atoms with Crippen LogP contribution in [-0.2, 0) is 0 Å². The van der Waals surface area contributed by atoms with Gasteiger partial charge in [-0.2, -0.15) is 0 Å². The van der Waals surface area contributed by atoms with Crippen molar-refractivity contribution in [2.75, 3.05) is 13.7 Å². The van der Waals surface area contributed by atoms with Crippen LogP contribution in [0.1, 0.15) is 24.1 Å². The lowest BCUT2D eigenvalue weighted by molar-refractivity contribution is 0.340. The lowest BCUT2D eigenvalue weighted by atomic mass is 9.99. The summed E-state index contributed by atoms with van der Waals surface area (Å²) in [6.07, 6.45) is 0. The first-order valence-corrected chi connectivity index (χ1v) is 6.37. The molecular weight excluding hydrogens is 238 g/mol. The molecule has 2 N–H and O–H groups in total. The van der Waals surface area contributed by atoms with Crippen molar-refractivity contribution in [2.24, 2.45) is 5.73 Å². The monoisotopic (exact) mass is 257 g/mol. The number of hydrogen-bond acceptors (Lipinski definition) is 3. The zero-order valence-electron chi connectivity index (χ0n) is 11.3. The summed E-state index contributed by atoms with van der Waals surface area (Å²) in [5.41, 5.74) is 8.31. The zero-order valence-corrected chi connectivity index (χ0v) is 11.3. The molecule has 100 valence electrons. The first-order valence-electron chi connectivity index (χ1n) is 6.37. The van der Waals surface area contributed by atoms with Crippen LogP contribution < -0.4 is 15.2 Å². The third kappa shape index (κ3) is 3.06. The molecule has 3 nitrogen and oxygen atoms in total. The Morgan fingerprint density at radius 3 is 2.37 bits per heavy atom. The van der Waals surface area contributed by atoms with Gasteiger partial charge in [0.05, 0.1) is 19.8 Å². The second kappa shape index (κ2) is 6.25. The fourth-order valence-corrected chi connectivity index (χ4v) is 2.04. The highest BCUT2D eigenvalue weighted by Gasteiger charge is 2.13. The number of methoxy groups -OCH3 is 1. The van der Waals surface area contributed by atoms with Gasteiger partial charge in [0.1, 0.15) is 11.5 Å². The quantitative estimate of drug-likeness (QED) is 0.895. The van der Waals surface area contributed by atoms with Crippen LogP contribution >= 0.6 is 0 Å². The van der Waals surface area contributed by atoms with E-state index in [1.54, 1.807) is 7.11 Å². The lowest BCUT2D eigenvalue weighted by Crippen LogP contribution is -2.12. The molecule has 19 heavy (non-hydrogen) atoms. The maximum Gasteiger partial charge on any atom is 0.123 e. The van der Waals surface area contributed by atoms with Gasteiger partial charge in [0.25, 0.3) is 0 Å². The number of ether oxygens (including phenoxy) is 2. The normalized spacial score (nSPS) is 11.9. The van der Waals surface area contributed by atoms with Crippen LogP contribution in [0.5, 0.6) is 11.5 Å². The molecule has 0 aliphatic rings. The van der Waals surface area contributed by atoms with E-state index < -0.39 is 0 Å². The predicted octanol–water partition coefficient (Wildman–Crippen LogP) is 3.14. The summed E-state index contributed by atoms with van der Waals surface area (Å²) < 4.78 is 10.8. The Kier molecular flexibility index (Phi) is 4.42. The standard InChI is InChI=1S/C16H19NO2/c1-3-19-13-10-8-12(9-11-13)16(17)14-6-4-5-7-15(14)18-2/h4-11,16H,3,17H2,1-2H3. The Bertz CT molecular complexity index is 523. The Morgan fingerprint density at radius 1 is 1.05 bits per heavy atom. The average molecular weight is 257 g/mol. The Hall–Kier alpha value is -2.00. The minimum atomic E-state index is -0.202. The summed E-state index contributed by atoms with van der Waals surface area (Å²) in [6, 6.07) is 15.5. The maximum absolute atomic E-state index is 6.30. The third-order valence-corrected chi connectivity index (χ3v) is 3.02. The van der Waals surface area contributed by atoms with Gasteiger partial charge in [-0.15, -0.1) is 0 Å². The predicted molar refractivity (Wildman–Crippen MR) is 76.6 cm³/mol. The number of para-hydroxylation sites is 1. The molecule has 1 atom stereocenters. The van der Waals surface area contributed by atoms with Crippen molar-refractivity contribution in [2.45, 2.75) is 13.0 Å². The second-order valence-corrected chi connectivity index (χ2v) is 4.22. The first kappa shape index (κ1) is 13.4. The molecule has 2 aromatic carbocycles. The minimum absolute atomic E-state index is 0.202. The van der Waals surface area contributed by atoms with Crippen molar-refractivity contribution in [3.8, 4) is 11.5 Å². The molecule has 0 fully saturated rings. The highest BCUT2D eigenvalue weighted by atomic mass is 16.5. The Balaban J connectivity index is 2.25. The summed E-state index contributed by atoms with van der Waals surface area (Å²) in [7, 11) is 1.66. The van der Waals surface area contributed by atoms with Crippen molar-refractivity contribution < 1.29 is 9.47 Å². The van der Waals surface area contributed by atoms with Crippen LogP contribution in [0.2, 0.25) is 0 Å². The van der Waals surface area contributed by atoms with Crippen LogP contribution in [0.25, 0.3) is 0 Å². The summed E-state index contributed by atoms with van der Waals surface area (Å²) in [4.78, 5) is 0. The molecule has 0 heterocycles. The molecule has 0 saturated heterocycles. The number of hydrogen-bond donors (Lipinski definition) is 1. The molecule has 3 heteroatoms. The van der Waals surface area contributed by atoms with E-state index in [2.05, 4.69) is 0 Å². The van der Waals surface area contributed by atoms with Gasteiger partial charge in [-0.25, -0.2) is 0 Å². The average Bonchev–Trinajstić information content (AvgIpc) is 2.47. The molecular formula is C16H19NO2. The summed E-state index contributed by atoms with van der Waals surface area (Å²) in [5.74, 6) is 1.67. The van der Waals surface area contributed by atoms with E-state index in [1.807, 2.05) is 55.5 Å². The molecule has 0 aliphatic carbocycles. The first-order chi connectivity index (χ1) is 9.26. The molecule has 0 bridgehead atoms. The molecule has 0 spiro atoms. The fourth-order valence-electron chi connectivity index (χ4n) is 2.04. The highest BCUT2D eigenvalue weighted by Crippen LogP contribution is 2.28. The van der Waals surface area contributed by atoms with Crippen molar-refractivity contribution in [1.82, 2.24) is 0 Å². The second-order valence-electron chi connectivity index (χ2n) is 4.22. The molecule has 2 rings (SSSR count). The Labute approximate surface area is 114 Å². The van der Waals surface area contributed by atoms with E-state index in [1.165, 1.54) is 0 Å². The van der Waals surface area contributed by atoms with E-state index in [0.29, 0.717) is 6.61 Å². The van der Waals surface area contributed by atoms with Crippen LogP contribution in [-0.4, -0.2) is 13.7 Å². The summed E-state index contributed by atoms with van der Waals surface area (Å²) in [5, 5.41) is 0. The SMILES string of the molecule is CCOc1ccc(C(N)c2ccccc2OC)cc1. The molecule has 1 unspecified atom stereocenters. The summed E-state index contributed by atoms with van der Waals surface area (Å²) in [6.45, 7) is 2.63. The van der Waals surface area contributed by atoms with Crippen molar-refractivity contribution in [1.29, 1.82) is 0 Å². The van der Waals surface area contributed by atoms with Gasteiger partial charge in [-0.1, -0.05) is 30.3 Å². The highest BCUT2D eigenvalue weighted by molar-refractivity contribution is 5.42. The molecule has 0 radical (unpaired) electrons. The Morgan fingerprint density at radius 2 is 1.74 bits per heavy atom. The fraction of sp³-hybridized carbons (Fsp3) is 0.250. The van der Waals surface area contributed by atoms with Gasteiger partial charge in [0.15, 0.2) is 0 Å². The summed E-state index contributed by atoms with van der Waals surface area (Å²) >= 11 is 0. The van der Waals surface area contributed by atoms with Gasteiger partial charge in [-0.05, 0) is 30.7 Å². The van der Waals surface area contributed by atoms with Gasteiger partial charge in [0.2, 0.25) is 0 Å². The van der Waals surface area contributed by atoms with Gasteiger partial charge < -0.3 is 15.2 Å². The van der Waals surface area contributed by atoms with Crippen molar-refractivity contribution in [3.05, 3.63) is 59.7 Å². The number of rotatable bonds is 5. The van der Waals surface area contributed by atoms with E-state index in [-0.39, 0.29) is 6.04 Å². The van der Waals surface area contributed by atoms with Gasteiger partial charge in [0, 0.05) is 5.56 Å². The molecule has 0 aliphatic heterocycles. The lowest BCUT2D eigenvalue weighted by Gasteiger charge is -2.16.